The molecule has 0 saturated carbocycles. The molecule has 0 fully saturated rings. The van der Waals surface area contributed by atoms with Crippen LogP contribution in [0.5, 0.6) is 5.75 Å². The molecule has 0 aromatic carbocycles. The molecule has 3 heterocycles. The van der Waals surface area contributed by atoms with Crippen LogP contribution in [0.25, 0.3) is 22.6 Å². The molecule has 8 heteroatoms. The number of nitrogens with two attached hydrogens (primary N) is 2. The Morgan fingerprint density at radius 1 is 1.04 bits per heavy atom. The minimum absolute atomic E-state index is 0.0605. The van der Waals surface area contributed by atoms with Gasteiger partial charge in [-0.2, -0.15) is 0 Å². The Morgan fingerprint density at radius 2 is 1.80 bits per heavy atom. The summed E-state index contributed by atoms with van der Waals surface area (Å²) in [6.07, 6.45) is 2.99. The van der Waals surface area contributed by atoms with Gasteiger partial charge in [-0.25, -0.2) is 24.3 Å². The van der Waals surface area contributed by atoms with Crippen LogP contribution in [-0.2, 0) is 0 Å². The molecule has 5 N–H and O–H groups in total. The van der Waals surface area contributed by atoms with Gasteiger partial charge in [-0.15, -0.1) is 0 Å². The highest BCUT2D eigenvalue weighted by Crippen LogP contribution is 2.34. The number of pyridine rings is 2. The zero-order valence-corrected chi connectivity index (χ0v) is 13.7. The Labute approximate surface area is 143 Å². The fourth-order valence-electron chi connectivity index (χ4n) is 2.45. The lowest BCUT2D eigenvalue weighted by Gasteiger charge is -2.13. The van der Waals surface area contributed by atoms with Gasteiger partial charge in [0.05, 0.1) is 5.69 Å². The Bertz CT molecular complexity index is 944. The molecule has 0 unspecified atom stereocenters. The predicted octanol–water partition coefficient (Wildman–Crippen LogP) is 2.73. The van der Waals surface area contributed by atoms with Crippen molar-refractivity contribution in [2.75, 3.05) is 11.5 Å². The molecule has 7 nitrogen and oxygen atoms in total. The second-order valence-electron chi connectivity index (χ2n) is 5.81. The number of halogens is 1. The first kappa shape index (κ1) is 16.6. The smallest absolute Gasteiger partial charge is 0.220 e. The summed E-state index contributed by atoms with van der Waals surface area (Å²) in [4.78, 5) is 16.3. The summed E-state index contributed by atoms with van der Waals surface area (Å²) < 4.78 is 14.3. The topological polar surface area (TPSA) is 124 Å². The first-order valence-electron chi connectivity index (χ1n) is 7.61. The number of hydrogen-bond acceptors (Lipinski definition) is 7. The SMILES string of the molecule is CC(C)c1cnc(N)nc1-c1nc(-c2ccnc(N)c2F)ccc1O. The molecular formula is C17H17FN6O. The van der Waals surface area contributed by atoms with Crippen LogP contribution in [0.15, 0.2) is 30.6 Å². The molecule has 0 radical (unpaired) electrons. The largest absolute Gasteiger partial charge is 0.506 e. The number of hydrogen-bond donors (Lipinski definition) is 3. The summed E-state index contributed by atoms with van der Waals surface area (Å²) in [7, 11) is 0. The molecule has 0 spiro atoms. The van der Waals surface area contributed by atoms with Crippen molar-refractivity contribution in [3.8, 4) is 28.4 Å². The van der Waals surface area contributed by atoms with Crippen molar-refractivity contribution >= 4 is 11.8 Å². The molecule has 0 aliphatic rings. The van der Waals surface area contributed by atoms with E-state index < -0.39 is 5.82 Å². The number of nitrogens with zero attached hydrogens (tertiary/aromatic N) is 4. The fourth-order valence-corrected chi connectivity index (χ4v) is 2.45. The van der Waals surface area contributed by atoms with E-state index in [0.29, 0.717) is 11.4 Å². The lowest BCUT2D eigenvalue weighted by Crippen LogP contribution is -2.04. The van der Waals surface area contributed by atoms with Gasteiger partial charge in [0, 0.05) is 23.5 Å². The molecule has 0 atom stereocenters. The van der Waals surface area contributed by atoms with Gasteiger partial charge < -0.3 is 16.6 Å². The highest BCUT2D eigenvalue weighted by Gasteiger charge is 2.19. The number of anilines is 2. The second-order valence-corrected chi connectivity index (χ2v) is 5.81. The van der Waals surface area contributed by atoms with E-state index in [4.69, 9.17) is 11.5 Å². The van der Waals surface area contributed by atoms with Crippen LogP contribution in [0.2, 0.25) is 0 Å². The Hall–Kier alpha value is -3.29. The van der Waals surface area contributed by atoms with E-state index in [2.05, 4.69) is 19.9 Å². The van der Waals surface area contributed by atoms with E-state index in [1.54, 1.807) is 6.20 Å². The van der Waals surface area contributed by atoms with Crippen molar-refractivity contribution in [1.82, 2.24) is 19.9 Å². The number of nitrogen functional groups attached to an aromatic ring is 2. The number of rotatable bonds is 3. The Morgan fingerprint density at radius 3 is 2.52 bits per heavy atom. The number of aromatic nitrogens is 4. The first-order chi connectivity index (χ1) is 11.9. The zero-order valence-electron chi connectivity index (χ0n) is 13.7. The van der Waals surface area contributed by atoms with Crippen LogP contribution in [-0.4, -0.2) is 25.0 Å². The molecule has 0 aliphatic carbocycles. The van der Waals surface area contributed by atoms with E-state index in [1.807, 2.05) is 13.8 Å². The highest BCUT2D eigenvalue weighted by molar-refractivity contribution is 5.72. The molecule has 25 heavy (non-hydrogen) atoms. The summed E-state index contributed by atoms with van der Waals surface area (Å²) in [6.45, 7) is 3.92. The summed E-state index contributed by atoms with van der Waals surface area (Å²) in [6, 6.07) is 4.39. The fraction of sp³-hybridized carbons (Fsp3) is 0.176. The minimum atomic E-state index is -0.669. The third-order valence-corrected chi connectivity index (χ3v) is 3.75. The lowest BCUT2D eigenvalue weighted by molar-refractivity contribution is 0.475. The van der Waals surface area contributed by atoms with Crippen molar-refractivity contribution in [3.05, 3.63) is 42.0 Å². The van der Waals surface area contributed by atoms with Gasteiger partial charge in [-0.05, 0) is 24.1 Å². The van der Waals surface area contributed by atoms with Crippen LogP contribution in [0, 0.1) is 5.82 Å². The van der Waals surface area contributed by atoms with Crippen LogP contribution in [0.4, 0.5) is 16.2 Å². The van der Waals surface area contributed by atoms with Crippen molar-refractivity contribution < 1.29 is 9.50 Å². The molecule has 0 amide bonds. The van der Waals surface area contributed by atoms with E-state index >= 15 is 0 Å². The molecule has 0 bridgehead atoms. The molecule has 3 rings (SSSR count). The molecule has 3 aromatic heterocycles. The van der Waals surface area contributed by atoms with Crippen molar-refractivity contribution in [3.63, 3.8) is 0 Å². The van der Waals surface area contributed by atoms with Gasteiger partial charge in [0.25, 0.3) is 0 Å². The van der Waals surface area contributed by atoms with Gasteiger partial charge in [-0.1, -0.05) is 13.8 Å². The summed E-state index contributed by atoms with van der Waals surface area (Å²) in [5, 5.41) is 10.3. The van der Waals surface area contributed by atoms with Crippen LogP contribution in [0.3, 0.4) is 0 Å². The standard InChI is InChI=1S/C17H17FN6O/c1-8(2)10-7-22-17(20)24-14(10)15-12(25)4-3-11(23-15)9-5-6-21-16(19)13(9)18/h3-8,25H,1-2H3,(H2,19,21)(H2,20,22,24). The van der Waals surface area contributed by atoms with Crippen molar-refractivity contribution in [2.45, 2.75) is 19.8 Å². The van der Waals surface area contributed by atoms with E-state index in [0.717, 1.165) is 5.56 Å². The van der Waals surface area contributed by atoms with Gasteiger partial charge in [0.2, 0.25) is 5.95 Å². The average Bonchev–Trinajstić information content (AvgIpc) is 2.57. The third kappa shape index (κ3) is 3.06. The summed E-state index contributed by atoms with van der Waals surface area (Å²) >= 11 is 0. The Balaban J connectivity index is 2.23. The molecule has 128 valence electrons. The normalized spacial score (nSPS) is 11.0. The molecule has 0 aliphatic heterocycles. The molecular weight excluding hydrogens is 323 g/mol. The highest BCUT2D eigenvalue weighted by atomic mass is 19.1. The quantitative estimate of drug-likeness (QED) is 0.669. The van der Waals surface area contributed by atoms with Gasteiger partial charge >= 0.3 is 0 Å². The van der Waals surface area contributed by atoms with Crippen LogP contribution in [0.1, 0.15) is 25.3 Å². The van der Waals surface area contributed by atoms with Crippen molar-refractivity contribution in [2.24, 2.45) is 0 Å². The third-order valence-electron chi connectivity index (χ3n) is 3.75. The Kier molecular flexibility index (Phi) is 4.18. The van der Waals surface area contributed by atoms with E-state index in [-0.39, 0.29) is 34.7 Å². The van der Waals surface area contributed by atoms with Gasteiger partial charge in [0.15, 0.2) is 11.6 Å². The van der Waals surface area contributed by atoms with E-state index in [9.17, 15) is 9.50 Å². The molecule has 3 aromatic rings. The predicted molar refractivity (Wildman–Crippen MR) is 93.0 cm³/mol. The maximum atomic E-state index is 14.3. The summed E-state index contributed by atoms with van der Waals surface area (Å²) in [5.41, 5.74) is 13.1. The van der Waals surface area contributed by atoms with Gasteiger partial charge in [0.1, 0.15) is 17.1 Å². The van der Waals surface area contributed by atoms with Crippen LogP contribution >= 0.6 is 0 Å². The average molecular weight is 340 g/mol. The van der Waals surface area contributed by atoms with Crippen LogP contribution < -0.4 is 11.5 Å². The monoisotopic (exact) mass is 340 g/mol. The lowest BCUT2D eigenvalue weighted by atomic mass is 10.0. The van der Waals surface area contributed by atoms with Gasteiger partial charge in [-0.3, -0.25) is 0 Å². The summed E-state index contributed by atoms with van der Waals surface area (Å²) in [5.74, 6) is -0.841. The molecule has 0 saturated heterocycles. The maximum Gasteiger partial charge on any atom is 0.220 e. The minimum Gasteiger partial charge on any atom is -0.506 e. The maximum absolute atomic E-state index is 14.3. The zero-order chi connectivity index (χ0) is 18.1. The number of aromatic hydroxyl groups is 1. The second kappa shape index (κ2) is 6.31. The van der Waals surface area contributed by atoms with Crippen molar-refractivity contribution in [1.29, 1.82) is 0 Å². The first-order valence-corrected chi connectivity index (χ1v) is 7.61. The van der Waals surface area contributed by atoms with E-state index in [1.165, 1.54) is 24.4 Å².